The van der Waals surface area contributed by atoms with Crippen LogP contribution in [0, 0.1) is 6.92 Å². The average Bonchev–Trinajstić information content (AvgIpc) is 2.47. The van der Waals surface area contributed by atoms with Crippen molar-refractivity contribution in [2.75, 3.05) is 5.88 Å². The van der Waals surface area contributed by atoms with Crippen molar-refractivity contribution in [3.8, 4) is 0 Å². The van der Waals surface area contributed by atoms with E-state index in [2.05, 4.69) is 4.72 Å². The van der Waals surface area contributed by atoms with Gasteiger partial charge in [0.2, 0.25) is 10.0 Å². The summed E-state index contributed by atoms with van der Waals surface area (Å²) in [5.74, 6) is 0.222. The van der Waals surface area contributed by atoms with Gasteiger partial charge in [-0.1, -0.05) is 48.5 Å². The molecule has 0 aliphatic rings. The van der Waals surface area contributed by atoms with E-state index < -0.39 is 10.0 Å². The quantitative estimate of drug-likeness (QED) is 0.830. The Bertz CT molecular complexity index is 686. The summed E-state index contributed by atoms with van der Waals surface area (Å²) < 4.78 is 27.6. The first kappa shape index (κ1) is 16.0. The summed E-state index contributed by atoms with van der Waals surface area (Å²) >= 11 is 5.92. The smallest absolute Gasteiger partial charge is 0.207 e. The number of nitrogens with one attached hydrogen (secondary N) is 1. The molecule has 3 nitrogen and oxygen atoms in total. The van der Waals surface area contributed by atoms with E-state index in [9.17, 15) is 8.42 Å². The number of sulfonamides is 1. The van der Waals surface area contributed by atoms with Gasteiger partial charge in [0.25, 0.3) is 0 Å². The molecule has 0 saturated carbocycles. The monoisotopic (exact) mass is 323 g/mol. The Balaban J connectivity index is 2.16. The van der Waals surface area contributed by atoms with E-state index in [1.165, 1.54) is 0 Å². The van der Waals surface area contributed by atoms with Gasteiger partial charge in [-0.25, -0.2) is 13.1 Å². The first-order valence-corrected chi connectivity index (χ1v) is 8.72. The third-order valence-electron chi connectivity index (χ3n) is 3.22. The second kappa shape index (κ2) is 7.07. The van der Waals surface area contributed by atoms with Crippen LogP contribution in [0.25, 0.3) is 0 Å². The van der Waals surface area contributed by atoms with E-state index in [0.717, 1.165) is 11.1 Å². The third-order valence-corrected chi connectivity index (χ3v) is 5.27. The summed E-state index contributed by atoms with van der Waals surface area (Å²) in [5.41, 5.74) is 1.77. The molecule has 1 unspecified atom stereocenters. The fourth-order valence-corrected chi connectivity index (χ4v) is 3.93. The average molecular weight is 324 g/mol. The second-order valence-electron chi connectivity index (χ2n) is 4.93. The first-order valence-electron chi connectivity index (χ1n) is 6.71. The SMILES string of the molecule is Cc1ccccc1S(=O)(=O)NC(CCl)Cc1ccccc1. The van der Waals surface area contributed by atoms with Crippen molar-refractivity contribution in [3.63, 3.8) is 0 Å². The van der Waals surface area contributed by atoms with Gasteiger partial charge in [0.05, 0.1) is 4.90 Å². The molecular formula is C16H18ClNO2S. The number of halogens is 1. The van der Waals surface area contributed by atoms with Crippen LogP contribution in [0.2, 0.25) is 0 Å². The summed E-state index contributed by atoms with van der Waals surface area (Å²) in [4.78, 5) is 0.299. The summed E-state index contributed by atoms with van der Waals surface area (Å²) in [6.07, 6.45) is 0.565. The van der Waals surface area contributed by atoms with E-state index in [-0.39, 0.29) is 11.9 Å². The van der Waals surface area contributed by atoms with Gasteiger partial charge in [-0.3, -0.25) is 0 Å². The fraction of sp³-hybridized carbons (Fsp3) is 0.250. The van der Waals surface area contributed by atoms with Gasteiger partial charge in [0.15, 0.2) is 0 Å². The van der Waals surface area contributed by atoms with E-state index >= 15 is 0 Å². The van der Waals surface area contributed by atoms with Crippen LogP contribution in [0.4, 0.5) is 0 Å². The highest BCUT2D eigenvalue weighted by atomic mass is 35.5. The zero-order chi connectivity index (χ0) is 15.3. The molecule has 0 heterocycles. The topological polar surface area (TPSA) is 46.2 Å². The maximum Gasteiger partial charge on any atom is 0.241 e. The molecule has 2 rings (SSSR count). The lowest BCUT2D eigenvalue weighted by Crippen LogP contribution is -2.38. The molecule has 0 aromatic heterocycles. The lowest BCUT2D eigenvalue weighted by molar-refractivity contribution is 0.560. The predicted octanol–water partition coefficient (Wildman–Crippen LogP) is 3.12. The van der Waals surface area contributed by atoms with Gasteiger partial charge in [0.1, 0.15) is 0 Å². The first-order chi connectivity index (χ1) is 10.0. The van der Waals surface area contributed by atoms with E-state index in [1.807, 2.05) is 36.4 Å². The van der Waals surface area contributed by atoms with Crippen LogP contribution < -0.4 is 4.72 Å². The van der Waals surface area contributed by atoms with Crippen LogP contribution in [0.15, 0.2) is 59.5 Å². The third kappa shape index (κ3) is 4.30. The molecule has 0 amide bonds. The molecule has 0 fully saturated rings. The molecule has 0 spiro atoms. The molecule has 0 radical (unpaired) electrons. The van der Waals surface area contributed by atoms with Crippen molar-refractivity contribution in [1.29, 1.82) is 0 Å². The van der Waals surface area contributed by atoms with Crippen LogP contribution >= 0.6 is 11.6 Å². The number of aryl methyl sites for hydroxylation is 1. The largest absolute Gasteiger partial charge is 0.241 e. The van der Waals surface area contributed by atoms with Crippen molar-refractivity contribution >= 4 is 21.6 Å². The Labute approximate surface area is 131 Å². The Morgan fingerprint density at radius 1 is 1.05 bits per heavy atom. The van der Waals surface area contributed by atoms with Crippen LogP contribution in [0.3, 0.4) is 0 Å². The van der Waals surface area contributed by atoms with Gasteiger partial charge < -0.3 is 0 Å². The van der Waals surface area contributed by atoms with Gasteiger partial charge in [-0.05, 0) is 30.5 Å². The Morgan fingerprint density at radius 2 is 1.67 bits per heavy atom. The molecule has 2 aromatic carbocycles. The van der Waals surface area contributed by atoms with E-state index in [1.54, 1.807) is 25.1 Å². The highest BCUT2D eigenvalue weighted by Gasteiger charge is 2.21. The molecule has 21 heavy (non-hydrogen) atoms. The summed E-state index contributed by atoms with van der Waals surface area (Å²) in [6, 6.07) is 16.3. The van der Waals surface area contributed by atoms with Gasteiger partial charge in [-0.2, -0.15) is 0 Å². The maximum absolute atomic E-state index is 12.4. The minimum absolute atomic E-state index is 0.222. The molecule has 0 bridgehead atoms. The lowest BCUT2D eigenvalue weighted by atomic mass is 10.1. The fourth-order valence-electron chi connectivity index (χ4n) is 2.17. The van der Waals surface area contributed by atoms with Crippen LogP contribution in [-0.4, -0.2) is 20.3 Å². The van der Waals surface area contributed by atoms with Crippen molar-refractivity contribution in [1.82, 2.24) is 4.72 Å². The summed E-state index contributed by atoms with van der Waals surface area (Å²) in [7, 11) is -3.56. The van der Waals surface area contributed by atoms with Crippen molar-refractivity contribution in [2.24, 2.45) is 0 Å². The summed E-state index contributed by atoms with van der Waals surface area (Å²) in [5, 5.41) is 0. The Morgan fingerprint density at radius 3 is 2.29 bits per heavy atom. The minimum atomic E-state index is -3.56. The van der Waals surface area contributed by atoms with Gasteiger partial charge in [-0.15, -0.1) is 11.6 Å². The number of benzene rings is 2. The van der Waals surface area contributed by atoms with E-state index in [4.69, 9.17) is 11.6 Å². The maximum atomic E-state index is 12.4. The van der Waals surface area contributed by atoms with Crippen molar-refractivity contribution in [3.05, 3.63) is 65.7 Å². The molecule has 0 saturated heterocycles. The standard InChI is InChI=1S/C16H18ClNO2S/c1-13-7-5-6-10-16(13)21(19,20)18-15(12-17)11-14-8-3-2-4-9-14/h2-10,15,18H,11-12H2,1H3. The highest BCUT2D eigenvalue weighted by molar-refractivity contribution is 7.89. The number of hydrogen-bond donors (Lipinski definition) is 1. The Kier molecular flexibility index (Phi) is 5.39. The number of alkyl halides is 1. The molecule has 1 N–H and O–H groups in total. The molecule has 112 valence electrons. The molecule has 1 atom stereocenters. The van der Waals surface area contributed by atoms with Crippen LogP contribution in [0.1, 0.15) is 11.1 Å². The van der Waals surface area contributed by atoms with Crippen molar-refractivity contribution in [2.45, 2.75) is 24.3 Å². The molecule has 2 aromatic rings. The predicted molar refractivity (Wildman–Crippen MR) is 86.2 cm³/mol. The minimum Gasteiger partial charge on any atom is -0.207 e. The lowest BCUT2D eigenvalue weighted by Gasteiger charge is -2.17. The molecule has 5 heteroatoms. The Hall–Kier alpha value is -1.36. The van der Waals surface area contributed by atoms with Crippen LogP contribution in [-0.2, 0) is 16.4 Å². The van der Waals surface area contributed by atoms with Crippen molar-refractivity contribution < 1.29 is 8.42 Å². The van der Waals surface area contributed by atoms with E-state index in [0.29, 0.717) is 11.3 Å². The zero-order valence-corrected chi connectivity index (χ0v) is 13.4. The van der Waals surface area contributed by atoms with Crippen LogP contribution in [0.5, 0.6) is 0 Å². The molecular weight excluding hydrogens is 306 g/mol. The van der Waals surface area contributed by atoms with Gasteiger partial charge in [0, 0.05) is 11.9 Å². The second-order valence-corrected chi connectivity index (χ2v) is 6.92. The summed E-state index contributed by atoms with van der Waals surface area (Å²) in [6.45, 7) is 1.78. The van der Waals surface area contributed by atoms with Gasteiger partial charge >= 0.3 is 0 Å². The molecule has 0 aliphatic carbocycles. The highest BCUT2D eigenvalue weighted by Crippen LogP contribution is 2.15. The normalized spacial score (nSPS) is 13.0. The molecule has 0 aliphatic heterocycles. The zero-order valence-electron chi connectivity index (χ0n) is 11.8. The number of hydrogen-bond acceptors (Lipinski definition) is 2. The number of rotatable bonds is 6.